The Bertz CT molecular complexity index is 717. The normalized spacial score (nSPS) is 18.0. The van der Waals surface area contributed by atoms with Crippen LogP contribution in [0.3, 0.4) is 0 Å². The number of rotatable bonds is 4. The van der Waals surface area contributed by atoms with E-state index >= 15 is 0 Å². The van der Waals surface area contributed by atoms with Gasteiger partial charge in [0.05, 0.1) is 22.9 Å². The highest BCUT2D eigenvalue weighted by Crippen LogP contribution is 2.33. The topological polar surface area (TPSA) is 42.4 Å². The molecule has 124 valence electrons. The number of ether oxygens (including phenoxy) is 1. The van der Waals surface area contributed by atoms with Gasteiger partial charge >= 0.3 is 0 Å². The van der Waals surface area contributed by atoms with Crippen LogP contribution in [-0.4, -0.2) is 30.1 Å². The molecule has 2 heterocycles. The second kappa shape index (κ2) is 6.57. The van der Waals surface area contributed by atoms with Crippen molar-refractivity contribution < 1.29 is 9.53 Å². The molecule has 0 bridgehead atoms. The van der Waals surface area contributed by atoms with Gasteiger partial charge in [-0.05, 0) is 43.9 Å². The van der Waals surface area contributed by atoms with E-state index in [0.717, 1.165) is 34.8 Å². The second-order valence-corrected chi connectivity index (χ2v) is 7.60. The van der Waals surface area contributed by atoms with E-state index in [9.17, 15) is 4.79 Å². The van der Waals surface area contributed by atoms with E-state index in [1.54, 1.807) is 11.3 Å². The lowest BCUT2D eigenvalue weighted by Crippen LogP contribution is -2.39. The molecule has 1 aromatic carbocycles. The number of hydrogen-bond acceptors (Lipinski definition) is 4. The third-order valence-corrected chi connectivity index (χ3v) is 5.52. The predicted octanol–water partition coefficient (Wildman–Crippen LogP) is 4.08. The smallest absolute Gasteiger partial charge is 0.231 e. The lowest BCUT2D eigenvalue weighted by Gasteiger charge is -2.24. The number of carbonyl (C=O) groups is 1. The number of benzene rings is 1. The Labute approximate surface area is 141 Å². The Morgan fingerprint density at radius 3 is 2.87 bits per heavy atom. The van der Waals surface area contributed by atoms with Crippen molar-refractivity contribution in [1.82, 2.24) is 4.98 Å². The Kier molecular flexibility index (Phi) is 4.69. The largest absolute Gasteiger partial charge is 0.376 e. The number of hydrogen-bond donors (Lipinski definition) is 0. The van der Waals surface area contributed by atoms with Crippen molar-refractivity contribution in [2.75, 3.05) is 18.1 Å². The Balaban J connectivity index is 1.98. The van der Waals surface area contributed by atoms with Gasteiger partial charge in [0.1, 0.15) is 0 Å². The number of anilines is 1. The van der Waals surface area contributed by atoms with Gasteiger partial charge in [-0.2, -0.15) is 0 Å². The Morgan fingerprint density at radius 1 is 1.43 bits per heavy atom. The zero-order chi connectivity index (χ0) is 16.6. The molecule has 0 N–H and O–H groups in total. The molecule has 1 saturated heterocycles. The predicted molar refractivity (Wildman–Crippen MR) is 95.3 cm³/mol. The van der Waals surface area contributed by atoms with E-state index in [0.29, 0.717) is 6.54 Å². The SMILES string of the molecule is Cc1ccc2sc(N(CC3CCCO3)C(=O)C(C)C)nc2c1C. The Hall–Kier alpha value is -1.46. The molecule has 1 unspecified atom stereocenters. The number of aromatic nitrogens is 1. The summed E-state index contributed by atoms with van der Waals surface area (Å²) in [4.78, 5) is 19.3. The van der Waals surface area contributed by atoms with Crippen molar-refractivity contribution in [1.29, 1.82) is 0 Å². The zero-order valence-electron chi connectivity index (χ0n) is 14.3. The summed E-state index contributed by atoms with van der Waals surface area (Å²) in [5.74, 6) is 0.0696. The van der Waals surface area contributed by atoms with Crippen LogP contribution in [0.5, 0.6) is 0 Å². The number of amides is 1. The average molecular weight is 332 g/mol. The molecular formula is C18H24N2O2S. The van der Waals surface area contributed by atoms with Gasteiger partial charge in [-0.1, -0.05) is 31.3 Å². The molecule has 1 amide bonds. The van der Waals surface area contributed by atoms with Gasteiger partial charge in [0.15, 0.2) is 5.13 Å². The molecule has 4 nitrogen and oxygen atoms in total. The number of aryl methyl sites for hydroxylation is 2. The van der Waals surface area contributed by atoms with Gasteiger partial charge in [0.25, 0.3) is 0 Å². The van der Waals surface area contributed by atoms with Crippen LogP contribution in [0.25, 0.3) is 10.2 Å². The minimum atomic E-state index is -0.0498. The van der Waals surface area contributed by atoms with E-state index in [1.165, 1.54) is 11.1 Å². The summed E-state index contributed by atoms with van der Waals surface area (Å²) in [6.07, 6.45) is 2.23. The van der Waals surface area contributed by atoms with Gasteiger partial charge in [0.2, 0.25) is 5.91 Å². The summed E-state index contributed by atoms with van der Waals surface area (Å²) in [5.41, 5.74) is 3.44. The van der Waals surface area contributed by atoms with Gasteiger partial charge in [-0.25, -0.2) is 4.98 Å². The average Bonchev–Trinajstić information content (AvgIpc) is 3.17. The van der Waals surface area contributed by atoms with E-state index in [1.807, 2.05) is 18.7 Å². The molecular weight excluding hydrogens is 308 g/mol. The zero-order valence-corrected chi connectivity index (χ0v) is 15.1. The third-order valence-electron chi connectivity index (χ3n) is 4.47. The van der Waals surface area contributed by atoms with Crippen molar-refractivity contribution in [3.63, 3.8) is 0 Å². The van der Waals surface area contributed by atoms with Gasteiger partial charge in [0, 0.05) is 12.5 Å². The van der Waals surface area contributed by atoms with Crippen molar-refractivity contribution in [2.45, 2.75) is 46.6 Å². The molecule has 1 aromatic heterocycles. The number of carbonyl (C=O) groups excluding carboxylic acids is 1. The first-order chi connectivity index (χ1) is 11.0. The van der Waals surface area contributed by atoms with Crippen LogP contribution in [0.15, 0.2) is 12.1 Å². The minimum Gasteiger partial charge on any atom is -0.376 e. The second-order valence-electron chi connectivity index (χ2n) is 6.59. The van der Waals surface area contributed by atoms with E-state index < -0.39 is 0 Å². The summed E-state index contributed by atoms with van der Waals surface area (Å²) in [6.45, 7) is 9.47. The highest BCUT2D eigenvalue weighted by molar-refractivity contribution is 7.22. The first kappa shape index (κ1) is 16.4. The van der Waals surface area contributed by atoms with Gasteiger partial charge < -0.3 is 4.74 Å². The third kappa shape index (κ3) is 3.26. The van der Waals surface area contributed by atoms with Crippen molar-refractivity contribution in [3.8, 4) is 0 Å². The lowest BCUT2D eigenvalue weighted by molar-refractivity contribution is -0.121. The maximum Gasteiger partial charge on any atom is 0.231 e. The summed E-state index contributed by atoms with van der Waals surface area (Å²) in [5, 5.41) is 0.794. The van der Waals surface area contributed by atoms with Crippen LogP contribution >= 0.6 is 11.3 Å². The monoisotopic (exact) mass is 332 g/mol. The van der Waals surface area contributed by atoms with Crippen LogP contribution in [0.1, 0.15) is 37.8 Å². The van der Waals surface area contributed by atoms with Crippen molar-refractivity contribution in [3.05, 3.63) is 23.3 Å². The summed E-state index contributed by atoms with van der Waals surface area (Å²) >= 11 is 1.60. The van der Waals surface area contributed by atoms with Crippen LogP contribution in [0, 0.1) is 19.8 Å². The molecule has 0 radical (unpaired) electrons. The van der Waals surface area contributed by atoms with Crippen LogP contribution in [0.4, 0.5) is 5.13 Å². The number of thiazole rings is 1. The van der Waals surface area contributed by atoms with Gasteiger partial charge in [-0.3, -0.25) is 9.69 Å². The molecule has 1 atom stereocenters. The first-order valence-corrected chi connectivity index (χ1v) is 9.08. The molecule has 1 aliphatic heterocycles. The lowest BCUT2D eigenvalue weighted by atomic mass is 10.1. The maximum atomic E-state index is 12.7. The summed E-state index contributed by atoms with van der Waals surface area (Å²) < 4.78 is 6.87. The number of fused-ring (bicyclic) bond motifs is 1. The van der Waals surface area contributed by atoms with Crippen LogP contribution in [0.2, 0.25) is 0 Å². The standard InChI is InChI=1S/C18H24N2O2S/c1-11(2)17(21)20(10-14-6-5-9-22-14)18-19-16-13(4)12(3)7-8-15(16)23-18/h7-8,11,14H,5-6,9-10H2,1-4H3. The molecule has 5 heteroatoms. The van der Waals surface area contributed by atoms with Crippen LogP contribution < -0.4 is 4.90 Å². The summed E-state index contributed by atoms with van der Waals surface area (Å²) in [7, 11) is 0. The van der Waals surface area contributed by atoms with E-state index in [-0.39, 0.29) is 17.9 Å². The van der Waals surface area contributed by atoms with Gasteiger partial charge in [-0.15, -0.1) is 0 Å². The van der Waals surface area contributed by atoms with Crippen molar-refractivity contribution >= 4 is 32.6 Å². The molecule has 0 aliphatic carbocycles. The van der Waals surface area contributed by atoms with Crippen LogP contribution in [-0.2, 0) is 9.53 Å². The molecule has 0 spiro atoms. The molecule has 0 saturated carbocycles. The highest BCUT2D eigenvalue weighted by atomic mass is 32.1. The van der Waals surface area contributed by atoms with E-state index in [4.69, 9.17) is 9.72 Å². The maximum absolute atomic E-state index is 12.7. The molecule has 3 rings (SSSR count). The molecule has 1 aliphatic rings. The first-order valence-electron chi connectivity index (χ1n) is 8.27. The quantitative estimate of drug-likeness (QED) is 0.847. The van der Waals surface area contributed by atoms with Crippen molar-refractivity contribution in [2.24, 2.45) is 5.92 Å². The highest BCUT2D eigenvalue weighted by Gasteiger charge is 2.27. The van der Waals surface area contributed by atoms with E-state index in [2.05, 4.69) is 26.0 Å². The molecule has 23 heavy (non-hydrogen) atoms. The molecule has 2 aromatic rings. The fourth-order valence-electron chi connectivity index (χ4n) is 2.90. The Morgan fingerprint density at radius 2 is 2.22 bits per heavy atom. The number of nitrogens with zero attached hydrogens (tertiary/aromatic N) is 2. The fourth-order valence-corrected chi connectivity index (χ4v) is 3.94. The summed E-state index contributed by atoms with van der Waals surface area (Å²) in [6, 6.07) is 4.22. The molecule has 1 fully saturated rings. The minimum absolute atomic E-state index is 0.0498. The fraction of sp³-hybridized carbons (Fsp3) is 0.556.